The molecule has 0 spiro atoms. The summed E-state index contributed by atoms with van der Waals surface area (Å²) in [6.07, 6.45) is 3.05. The predicted molar refractivity (Wildman–Crippen MR) is 141 cm³/mol. The summed E-state index contributed by atoms with van der Waals surface area (Å²) in [5.74, 6) is -0.758. The van der Waals surface area contributed by atoms with E-state index >= 15 is 0 Å². The summed E-state index contributed by atoms with van der Waals surface area (Å²) >= 11 is 11.5. The fraction of sp³-hybridized carbons (Fsp3) is 0.375. The van der Waals surface area contributed by atoms with Crippen LogP contribution in [0, 0.1) is 10.1 Å². The standard InChI is InChI=1S/C24H26ClN5O5S/c25-18-6-4-17(23(32)29-10-12-35-13-11-29)14-19(18)26-24(36)27-22(31)16-5-7-20(21(15-16)30(33)34)28-8-2-1-3-9-28/h4-7,14-15H,1-3,8-13H2,(H2,26,27,31,36). The molecule has 0 unspecified atom stereocenters. The van der Waals surface area contributed by atoms with E-state index in [0.717, 1.165) is 32.4 Å². The van der Waals surface area contributed by atoms with Gasteiger partial charge in [0.05, 0.1) is 28.8 Å². The maximum absolute atomic E-state index is 12.8. The van der Waals surface area contributed by atoms with Crippen molar-refractivity contribution in [3.8, 4) is 0 Å². The van der Waals surface area contributed by atoms with Crippen LogP contribution in [-0.4, -0.2) is 66.1 Å². The Morgan fingerprint density at radius 2 is 1.69 bits per heavy atom. The third-order valence-corrected chi connectivity index (χ3v) is 6.65. The number of nitrogens with zero attached hydrogens (tertiary/aromatic N) is 3. The second-order valence-corrected chi connectivity index (χ2v) is 9.33. The number of nitro groups is 1. The van der Waals surface area contributed by atoms with E-state index in [-0.39, 0.29) is 22.3 Å². The summed E-state index contributed by atoms with van der Waals surface area (Å²) in [6, 6.07) is 9.17. The highest BCUT2D eigenvalue weighted by molar-refractivity contribution is 7.80. The molecule has 36 heavy (non-hydrogen) atoms. The molecule has 4 rings (SSSR count). The zero-order valence-electron chi connectivity index (χ0n) is 19.5. The first kappa shape index (κ1) is 25.8. The third kappa shape index (κ3) is 6.10. The van der Waals surface area contributed by atoms with Gasteiger partial charge >= 0.3 is 0 Å². The number of nitrogens with one attached hydrogen (secondary N) is 2. The van der Waals surface area contributed by atoms with Crippen molar-refractivity contribution in [3.05, 3.63) is 62.7 Å². The summed E-state index contributed by atoms with van der Waals surface area (Å²) in [6.45, 7) is 3.46. The van der Waals surface area contributed by atoms with Crippen molar-refractivity contribution in [3.63, 3.8) is 0 Å². The largest absolute Gasteiger partial charge is 0.378 e. The first-order valence-corrected chi connectivity index (χ1v) is 12.4. The molecule has 2 aromatic rings. The van der Waals surface area contributed by atoms with E-state index in [0.29, 0.717) is 48.3 Å². The molecule has 10 nitrogen and oxygen atoms in total. The number of piperidine rings is 1. The molecule has 0 atom stereocenters. The molecule has 2 saturated heterocycles. The molecular weight excluding hydrogens is 506 g/mol. The Balaban J connectivity index is 1.44. The lowest BCUT2D eigenvalue weighted by Gasteiger charge is -2.28. The van der Waals surface area contributed by atoms with Gasteiger partial charge in [0.2, 0.25) is 0 Å². The molecule has 12 heteroatoms. The van der Waals surface area contributed by atoms with Gasteiger partial charge in [0.1, 0.15) is 5.69 Å². The molecule has 2 heterocycles. The highest BCUT2D eigenvalue weighted by Crippen LogP contribution is 2.31. The molecule has 0 radical (unpaired) electrons. The summed E-state index contributed by atoms with van der Waals surface area (Å²) in [5, 5.41) is 17.3. The number of anilines is 2. The molecule has 0 aromatic heterocycles. The molecule has 190 valence electrons. The minimum Gasteiger partial charge on any atom is -0.378 e. The minimum absolute atomic E-state index is 0.0550. The SMILES string of the molecule is O=C(NC(=S)Nc1cc(C(=O)N2CCOCC2)ccc1Cl)c1ccc(N2CCCCC2)c([N+](=O)[O-])c1. The lowest BCUT2D eigenvalue weighted by atomic mass is 10.1. The van der Waals surface area contributed by atoms with Crippen LogP contribution >= 0.6 is 23.8 Å². The number of carbonyl (C=O) groups is 2. The van der Waals surface area contributed by atoms with Crippen LogP contribution in [0.1, 0.15) is 40.0 Å². The van der Waals surface area contributed by atoms with E-state index in [1.54, 1.807) is 35.2 Å². The Labute approximate surface area is 218 Å². The number of morpholine rings is 1. The van der Waals surface area contributed by atoms with Crippen molar-refractivity contribution >= 4 is 57.8 Å². The van der Waals surface area contributed by atoms with Crippen LogP contribution < -0.4 is 15.5 Å². The van der Waals surface area contributed by atoms with Gasteiger partial charge in [-0.2, -0.15) is 0 Å². The number of hydrogen-bond acceptors (Lipinski definition) is 7. The maximum Gasteiger partial charge on any atom is 0.293 e. The van der Waals surface area contributed by atoms with E-state index in [1.165, 1.54) is 6.07 Å². The van der Waals surface area contributed by atoms with Gasteiger partial charge in [0.25, 0.3) is 17.5 Å². The van der Waals surface area contributed by atoms with Crippen molar-refractivity contribution in [1.29, 1.82) is 0 Å². The normalized spacial score (nSPS) is 15.8. The molecule has 2 aliphatic heterocycles. The van der Waals surface area contributed by atoms with E-state index in [2.05, 4.69) is 10.6 Å². The zero-order chi connectivity index (χ0) is 25.7. The topological polar surface area (TPSA) is 117 Å². The Hall–Kier alpha value is -3.28. The molecule has 2 amide bonds. The molecule has 0 aliphatic carbocycles. The number of rotatable bonds is 5. The van der Waals surface area contributed by atoms with Gasteiger partial charge < -0.3 is 19.9 Å². The van der Waals surface area contributed by atoms with Gasteiger partial charge in [-0.1, -0.05) is 11.6 Å². The molecule has 0 bridgehead atoms. The third-order valence-electron chi connectivity index (χ3n) is 6.12. The second-order valence-electron chi connectivity index (χ2n) is 8.52. The van der Waals surface area contributed by atoms with E-state index in [4.69, 9.17) is 28.6 Å². The minimum atomic E-state index is -0.600. The maximum atomic E-state index is 12.8. The summed E-state index contributed by atoms with van der Waals surface area (Å²) < 4.78 is 5.29. The first-order chi connectivity index (χ1) is 17.3. The second kappa shape index (κ2) is 11.6. The fourth-order valence-corrected chi connectivity index (χ4v) is 4.61. The van der Waals surface area contributed by atoms with E-state index in [9.17, 15) is 19.7 Å². The van der Waals surface area contributed by atoms with E-state index in [1.807, 2.05) is 4.90 Å². The zero-order valence-corrected chi connectivity index (χ0v) is 21.1. The summed E-state index contributed by atoms with van der Waals surface area (Å²) in [7, 11) is 0. The van der Waals surface area contributed by atoms with Crippen molar-refractivity contribution < 1.29 is 19.2 Å². The van der Waals surface area contributed by atoms with Gasteiger partial charge in [0.15, 0.2) is 5.11 Å². The van der Waals surface area contributed by atoms with Crippen LogP contribution in [0.3, 0.4) is 0 Å². The number of halogens is 1. The highest BCUT2D eigenvalue weighted by Gasteiger charge is 2.24. The average Bonchev–Trinajstić information content (AvgIpc) is 2.90. The van der Waals surface area contributed by atoms with Gasteiger partial charge in [-0.05, 0) is 61.8 Å². The molecule has 0 saturated carbocycles. The lowest BCUT2D eigenvalue weighted by Crippen LogP contribution is -2.40. The number of ether oxygens (including phenoxy) is 1. The Morgan fingerprint density at radius 1 is 1.00 bits per heavy atom. The van der Waals surface area contributed by atoms with Crippen LogP contribution in [-0.2, 0) is 4.74 Å². The molecule has 2 N–H and O–H groups in total. The Kier molecular flexibility index (Phi) is 8.34. The smallest absolute Gasteiger partial charge is 0.293 e. The Bertz CT molecular complexity index is 1180. The summed E-state index contributed by atoms with van der Waals surface area (Å²) in [4.78, 5) is 40.5. The van der Waals surface area contributed by atoms with Gasteiger partial charge in [0, 0.05) is 43.4 Å². The number of amides is 2. The number of carbonyl (C=O) groups excluding carboxylic acids is 2. The number of hydrogen-bond donors (Lipinski definition) is 2. The fourth-order valence-electron chi connectivity index (χ4n) is 4.25. The Morgan fingerprint density at radius 3 is 2.39 bits per heavy atom. The first-order valence-electron chi connectivity index (χ1n) is 11.7. The van der Waals surface area contributed by atoms with Crippen LogP contribution in [0.2, 0.25) is 5.02 Å². The predicted octanol–water partition coefficient (Wildman–Crippen LogP) is 3.84. The number of thiocarbonyl (C=S) groups is 1. The molecule has 2 aliphatic rings. The average molecular weight is 532 g/mol. The lowest BCUT2D eigenvalue weighted by molar-refractivity contribution is -0.384. The van der Waals surface area contributed by atoms with Gasteiger partial charge in [-0.25, -0.2) is 0 Å². The molecular formula is C24H26ClN5O5S. The van der Waals surface area contributed by atoms with Crippen molar-refractivity contribution in [2.75, 3.05) is 49.6 Å². The van der Waals surface area contributed by atoms with Crippen LogP contribution in [0.25, 0.3) is 0 Å². The van der Waals surface area contributed by atoms with Crippen LogP contribution in [0.4, 0.5) is 17.1 Å². The van der Waals surface area contributed by atoms with Gasteiger partial charge in [-0.3, -0.25) is 25.0 Å². The quantitative estimate of drug-likeness (QED) is 0.339. The van der Waals surface area contributed by atoms with Crippen molar-refractivity contribution in [2.24, 2.45) is 0 Å². The van der Waals surface area contributed by atoms with Crippen LogP contribution in [0.5, 0.6) is 0 Å². The van der Waals surface area contributed by atoms with E-state index < -0.39 is 10.8 Å². The van der Waals surface area contributed by atoms with Gasteiger partial charge in [-0.15, -0.1) is 0 Å². The number of benzene rings is 2. The van der Waals surface area contributed by atoms with Crippen molar-refractivity contribution in [1.82, 2.24) is 10.2 Å². The molecule has 2 aromatic carbocycles. The number of nitro benzene ring substituents is 1. The van der Waals surface area contributed by atoms with Crippen molar-refractivity contribution in [2.45, 2.75) is 19.3 Å². The molecule has 2 fully saturated rings. The highest BCUT2D eigenvalue weighted by atomic mass is 35.5. The monoisotopic (exact) mass is 531 g/mol. The summed E-state index contributed by atoms with van der Waals surface area (Å²) in [5.41, 5.74) is 1.26. The van der Waals surface area contributed by atoms with Crippen LogP contribution in [0.15, 0.2) is 36.4 Å².